The minimum absolute atomic E-state index is 0.178. The largest absolute Gasteiger partial charge is 0.479 e. The third-order valence-electron chi connectivity index (χ3n) is 4.01. The van der Waals surface area contributed by atoms with Crippen molar-refractivity contribution in [3.8, 4) is 5.88 Å². The third kappa shape index (κ3) is 2.70. The molecule has 1 saturated heterocycles. The Kier molecular flexibility index (Phi) is 3.99. The molecule has 6 nitrogen and oxygen atoms in total. The molecule has 0 saturated carbocycles. The van der Waals surface area contributed by atoms with Crippen LogP contribution in [0.4, 0.5) is 0 Å². The van der Waals surface area contributed by atoms with Crippen LogP contribution >= 0.6 is 11.6 Å². The van der Waals surface area contributed by atoms with Crippen molar-refractivity contribution in [2.45, 2.75) is 25.3 Å². The molecule has 2 atom stereocenters. The lowest BCUT2D eigenvalue weighted by molar-refractivity contribution is 0.377. The van der Waals surface area contributed by atoms with Gasteiger partial charge >= 0.3 is 0 Å². The molecule has 114 valence electrons. The first-order valence-electron chi connectivity index (χ1n) is 7.18. The fourth-order valence-corrected chi connectivity index (χ4v) is 3.17. The molecular weight excluding hydrogens is 290 g/mol. The summed E-state index contributed by atoms with van der Waals surface area (Å²) in [5.41, 5.74) is 1.49. The average Bonchev–Trinajstić information content (AvgIpc) is 3.03. The first kappa shape index (κ1) is 14.5. The molecule has 1 fully saturated rings. The second-order valence-electron chi connectivity index (χ2n) is 5.67. The number of fused-ring (bicyclic) bond motifs is 1. The number of hydrogen-bond acceptors (Lipinski definition) is 5. The third-order valence-corrected chi connectivity index (χ3v) is 4.20. The molecule has 0 bridgehead atoms. The fourth-order valence-electron chi connectivity index (χ4n) is 3.00. The highest BCUT2D eigenvalue weighted by molar-refractivity contribution is 6.20. The van der Waals surface area contributed by atoms with Gasteiger partial charge in [-0.2, -0.15) is 4.98 Å². The number of aromatic nitrogens is 4. The molecule has 0 aliphatic carbocycles. The summed E-state index contributed by atoms with van der Waals surface area (Å²) in [4.78, 5) is 15.5. The summed E-state index contributed by atoms with van der Waals surface area (Å²) in [6, 6.07) is 0. The summed E-state index contributed by atoms with van der Waals surface area (Å²) in [5, 5.41) is -0.178. The standard InChI is InChI=1S/C14H20ClN5O/c1-9(15)12-18-11-13(16-8-17-14(11)21-3)20(12)7-10-4-5-19(2)6-10/h8-10H,4-7H2,1-3H3. The molecule has 3 heterocycles. The van der Waals surface area contributed by atoms with Crippen LogP contribution in [0.5, 0.6) is 5.88 Å². The fraction of sp³-hybridized carbons (Fsp3) is 0.643. The molecule has 7 heteroatoms. The Balaban J connectivity index is 2.04. The first-order valence-corrected chi connectivity index (χ1v) is 7.61. The monoisotopic (exact) mass is 309 g/mol. The second-order valence-corrected chi connectivity index (χ2v) is 6.32. The molecule has 0 spiro atoms. The van der Waals surface area contributed by atoms with E-state index in [0.29, 0.717) is 17.3 Å². The topological polar surface area (TPSA) is 56.1 Å². The van der Waals surface area contributed by atoms with Gasteiger partial charge in [0.1, 0.15) is 12.2 Å². The summed E-state index contributed by atoms with van der Waals surface area (Å²) < 4.78 is 7.41. The van der Waals surface area contributed by atoms with E-state index in [-0.39, 0.29) is 5.38 Å². The van der Waals surface area contributed by atoms with Crippen molar-refractivity contribution in [3.63, 3.8) is 0 Å². The summed E-state index contributed by atoms with van der Waals surface area (Å²) >= 11 is 6.31. The smallest absolute Gasteiger partial charge is 0.245 e. The van der Waals surface area contributed by atoms with Crippen LogP contribution in [-0.2, 0) is 6.54 Å². The molecule has 2 aromatic heterocycles. The van der Waals surface area contributed by atoms with Gasteiger partial charge in [0.2, 0.25) is 5.88 Å². The maximum atomic E-state index is 6.31. The highest BCUT2D eigenvalue weighted by atomic mass is 35.5. The lowest BCUT2D eigenvalue weighted by atomic mass is 10.1. The van der Waals surface area contributed by atoms with E-state index in [1.807, 2.05) is 6.92 Å². The van der Waals surface area contributed by atoms with Crippen molar-refractivity contribution in [3.05, 3.63) is 12.2 Å². The molecule has 0 aromatic carbocycles. The lowest BCUT2D eigenvalue weighted by Gasteiger charge is -2.15. The average molecular weight is 310 g/mol. The van der Waals surface area contributed by atoms with Crippen LogP contribution in [0.25, 0.3) is 11.2 Å². The number of rotatable bonds is 4. The number of ether oxygens (including phenoxy) is 1. The summed E-state index contributed by atoms with van der Waals surface area (Å²) in [7, 11) is 3.75. The van der Waals surface area contributed by atoms with Crippen LogP contribution in [0.2, 0.25) is 0 Å². The number of halogens is 1. The SMILES string of the molecule is COc1ncnc2c1nc(C(C)Cl)n2CC1CCN(C)C1. The van der Waals surface area contributed by atoms with E-state index in [2.05, 4.69) is 31.5 Å². The molecule has 1 aliphatic rings. The van der Waals surface area contributed by atoms with Crippen LogP contribution in [0.3, 0.4) is 0 Å². The molecule has 2 unspecified atom stereocenters. The summed E-state index contributed by atoms with van der Waals surface area (Å²) in [6.45, 7) is 5.05. The van der Waals surface area contributed by atoms with Crippen LogP contribution in [0, 0.1) is 5.92 Å². The van der Waals surface area contributed by atoms with Gasteiger partial charge in [0, 0.05) is 13.1 Å². The molecule has 1 aliphatic heterocycles. The number of hydrogen-bond donors (Lipinski definition) is 0. The van der Waals surface area contributed by atoms with E-state index in [0.717, 1.165) is 31.1 Å². The van der Waals surface area contributed by atoms with Gasteiger partial charge in [-0.1, -0.05) is 0 Å². The Labute approximate surface area is 129 Å². The molecule has 2 aromatic rings. The van der Waals surface area contributed by atoms with Crippen LogP contribution in [-0.4, -0.2) is 51.7 Å². The lowest BCUT2D eigenvalue weighted by Crippen LogP contribution is -2.18. The van der Waals surface area contributed by atoms with E-state index >= 15 is 0 Å². The second kappa shape index (κ2) is 5.77. The minimum Gasteiger partial charge on any atom is -0.479 e. The Bertz CT molecular complexity index is 642. The summed E-state index contributed by atoms with van der Waals surface area (Å²) in [5.74, 6) is 1.93. The van der Waals surface area contributed by atoms with E-state index in [1.54, 1.807) is 7.11 Å². The van der Waals surface area contributed by atoms with E-state index in [4.69, 9.17) is 16.3 Å². The van der Waals surface area contributed by atoms with Crippen molar-refractivity contribution in [1.82, 2.24) is 24.4 Å². The van der Waals surface area contributed by atoms with Gasteiger partial charge < -0.3 is 14.2 Å². The number of nitrogens with zero attached hydrogens (tertiary/aromatic N) is 5. The van der Waals surface area contributed by atoms with Crippen molar-refractivity contribution >= 4 is 22.8 Å². The predicted molar refractivity (Wildman–Crippen MR) is 81.7 cm³/mol. The zero-order chi connectivity index (χ0) is 15.0. The normalized spacial score (nSPS) is 21.0. The van der Waals surface area contributed by atoms with Gasteiger partial charge in [-0.05, 0) is 32.9 Å². The molecular formula is C14H20ClN5O. The van der Waals surface area contributed by atoms with Gasteiger partial charge in [-0.15, -0.1) is 11.6 Å². The van der Waals surface area contributed by atoms with Gasteiger partial charge in [-0.3, -0.25) is 0 Å². The predicted octanol–water partition coefficient (Wildman–Crippen LogP) is 2.09. The van der Waals surface area contributed by atoms with Gasteiger partial charge in [-0.25, -0.2) is 9.97 Å². The van der Waals surface area contributed by atoms with E-state index in [9.17, 15) is 0 Å². The van der Waals surface area contributed by atoms with Crippen molar-refractivity contribution in [2.24, 2.45) is 5.92 Å². The van der Waals surface area contributed by atoms with Gasteiger partial charge in [0.05, 0.1) is 12.5 Å². The van der Waals surface area contributed by atoms with Crippen LogP contribution in [0.15, 0.2) is 6.33 Å². The number of alkyl halides is 1. The Morgan fingerprint density at radius 1 is 1.48 bits per heavy atom. The molecule has 0 radical (unpaired) electrons. The van der Waals surface area contributed by atoms with Crippen LogP contribution in [0.1, 0.15) is 24.5 Å². The number of likely N-dealkylation sites (tertiary alicyclic amines) is 1. The highest BCUT2D eigenvalue weighted by Crippen LogP contribution is 2.29. The van der Waals surface area contributed by atoms with Crippen molar-refractivity contribution in [2.75, 3.05) is 27.2 Å². The van der Waals surface area contributed by atoms with Gasteiger partial charge in [0.15, 0.2) is 11.2 Å². The quantitative estimate of drug-likeness (QED) is 0.809. The number of methoxy groups -OCH3 is 1. The first-order chi connectivity index (χ1) is 10.1. The Morgan fingerprint density at radius 3 is 2.90 bits per heavy atom. The van der Waals surface area contributed by atoms with Crippen LogP contribution < -0.4 is 4.74 Å². The van der Waals surface area contributed by atoms with Gasteiger partial charge in [0.25, 0.3) is 0 Å². The minimum atomic E-state index is -0.178. The zero-order valence-corrected chi connectivity index (χ0v) is 13.3. The zero-order valence-electron chi connectivity index (χ0n) is 12.6. The van der Waals surface area contributed by atoms with E-state index < -0.39 is 0 Å². The van der Waals surface area contributed by atoms with Crippen molar-refractivity contribution in [1.29, 1.82) is 0 Å². The van der Waals surface area contributed by atoms with E-state index in [1.165, 1.54) is 12.7 Å². The maximum Gasteiger partial charge on any atom is 0.245 e. The molecule has 0 N–H and O–H groups in total. The number of imidazole rings is 1. The molecule has 3 rings (SSSR count). The molecule has 21 heavy (non-hydrogen) atoms. The maximum absolute atomic E-state index is 6.31. The molecule has 0 amide bonds. The van der Waals surface area contributed by atoms with Crippen molar-refractivity contribution < 1.29 is 4.74 Å². The Hall–Kier alpha value is -1.40. The Morgan fingerprint density at radius 2 is 2.29 bits per heavy atom. The summed E-state index contributed by atoms with van der Waals surface area (Å²) in [6.07, 6.45) is 2.71. The highest BCUT2D eigenvalue weighted by Gasteiger charge is 2.25.